The molecule has 0 spiro atoms. The van der Waals surface area contributed by atoms with Gasteiger partial charge in [0, 0.05) is 44.0 Å². The normalized spacial score (nSPS) is 20.6. The zero-order valence-electron chi connectivity index (χ0n) is 11.6. The van der Waals surface area contributed by atoms with E-state index in [9.17, 15) is 4.79 Å². The lowest BCUT2D eigenvalue weighted by Crippen LogP contribution is -2.47. The van der Waals surface area contributed by atoms with E-state index in [0.717, 1.165) is 36.4 Å². The number of rotatable bonds is 4. The third-order valence-electron chi connectivity index (χ3n) is 4.33. The number of piperazine rings is 1. The topological polar surface area (TPSA) is 23.6 Å². The van der Waals surface area contributed by atoms with E-state index < -0.39 is 0 Å². The third-order valence-corrected chi connectivity index (χ3v) is 4.33. The first-order valence-corrected chi connectivity index (χ1v) is 7.29. The maximum absolute atomic E-state index is 10.8. The number of hydrogen-bond donors (Lipinski definition) is 0. The second-order valence-electron chi connectivity index (χ2n) is 5.89. The molecule has 2 aliphatic rings. The van der Waals surface area contributed by atoms with Gasteiger partial charge >= 0.3 is 0 Å². The quantitative estimate of drug-likeness (QED) is 0.775. The van der Waals surface area contributed by atoms with Crippen molar-refractivity contribution in [1.82, 2.24) is 4.90 Å². The van der Waals surface area contributed by atoms with E-state index in [2.05, 4.69) is 21.9 Å². The van der Waals surface area contributed by atoms with Gasteiger partial charge in [-0.3, -0.25) is 9.69 Å². The first-order valence-electron chi connectivity index (χ1n) is 7.29. The Morgan fingerprint density at radius 1 is 1.21 bits per heavy atom. The predicted molar refractivity (Wildman–Crippen MR) is 77.9 cm³/mol. The molecule has 102 valence electrons. The summed E-state index contributed by atoms with van der Waals surface area (Å²) in [5.41, 5.74) is 3.14. The molecule has 1 aromatic rings. The van der Waals surface area contributed by atoms with Gasteiger partial charge in [-0.25, -0.2) is 0 Å². The van der Waals surface area contributed by atoms with Gasteiger partial charge in [0.25, 0.3) is 0 Å². The lowest BCUT2D eigenvalue weighted by Gasteiger charge is -2.36. The van der Waals surface area contributed by atoms with Gasteiger partial charge in [0.05, 0.1) is 0 Å². The van der Waals surface area contributed by atoms with Gasteiger partial charge in [-0.2, -0.15) is 0 Å². The molecule has 0 atom stereocenters. The van der Waals surface area contributed by atoms with E-state index in [4.69, 9.17) is 0 Å². The van der Waals surface area contributed by atoms with Gasteiger partial charge in [0.15, 0.2) is 0 Å². The summed E-state index contributed by atoms with van der Waals surface area (Å²) < 4.78 is 0. The summed E-state index contributed by atoms with van der Waals surface area (Å²) in [5, 5.41) is 0. The van der Waals surface area contributed by atoms with Crippen molar-refractivity contribution in [3.63, 3.8) is 0 Å². The standard InChI is InChI=1S/C16H22N2O/c1-13-10-16(5-4-15(13)12-19)18-8-6-17(7-9-18)11-14-2-3-14/h4-5,10,12,14H,2-3,6-9,11H2,1H3. The molecular formula is C16H22N2O. The van der Waals surface area contributed by atoms with Crippen LogP contribution in [0.4, 0.5) is 5.69 Å². The number of aryl methyl sites for hydroxylation is 1. The molecule has 2 fully saturated rings. The minimum atomic E-state index is 0.802. The SMILES string of the molecule is Cc1cc(N2CCN(CC3CC3)CC2)ccc1C=O. The molecule has 1 saturated carbocycles. The number of aldehydes is 1. The summed E-state index contributed by atoms with van der Waals surface area (Å²) in [4.78, 5) is 15.9. The molecule has 1 aliphatic heterocycles. The Morgan fingerprint density at radius 3 is 2.53 bits per heavy atom. The molecule has 0 unspecified atom stereocenters. The van der Waals surface area contributed by atoms with E-state index in [0.29, 0.717) is 0 Å². The van der Waals surface area contributed by atoms with Gasteiger partial charge in [0.2, 0.25) is 0 Å². The summed E-state index contributed by atoms with van der Waals surface area (Å²) in [5.74, 6) is 0.987. The highest BCUT2D eigenvalue weighted by molar-refractivity contribution is 5.78. The van der Waals surface area contributed by atoms with Crippen molar-refractivity contribution < 1.29 is 4.79 Å². The minimum Gasteiger partial charge on any atom is -0.369 e. The molecule has 3 heteroatoms. The second kappa shape index (κ2) is 5.33. The molecule has 1 saturated heterocycles. The molecular weight excluding hydrogens is 236 g/mol. The van der Waals surface area contributed by atoms with Crippen LogP contribution >= 0.6 is 0 Å². The lowest BCUT2D eigenvalue weighted by molar-refractivity contribution is 0.112. The lowest BCUT2D eigenvalue weighted by atomic mass is 10.1. The van der Waals surface area contributed by atoms with Gasteiger partial charge in [0.1, 0.15) is 6.29 Å². The summed E-state index contributed by atoms with van der Waals surface area (Å²) >= 11 is 0. The third kappa shape index (κ3) is 2.98. The van der Waals surface area contributed by atoms with E-state index in [1.165, 1.54) is 38.2 Å². The monoisotopic (exact) mass is 258 g/mol. The number of benzene rings is 1. The van der Waals surface area contributed by atoms with Crippen molar-refractivity contribution in [3.05, 3.63) is 29.3 Å². The number of carbonyl (C=O) groups is 1. The fraction of sp³-hybridized carbons (Fsp3) is 0.562. The Balaban J connectivity index is 1.60. The van der Waals surface area contributed by atoms with Gasteiger partial charge in [-0.15, -0.1) is 0 Å². The van der Waals surface area contributed by atoms with E-state index in [1.54, 1.807) is 0 Å². The second-order valence-corrected chi connectivity index (χ2v) is 5.89. The Hall–Kier alpha value is -1.35. The van der Waals surface area contributed by atoms with Crippen LogP contribution in [0.25, 0.3) is 0 Å². The van der Waals surface area contributed by atoms with Crippen LogP contribution in [-0.2, 0) is 0 Å². The molecule has 3 nitrogen and oxygen atoms in total. The summed E-state index contributed by atoms with van der Waals surface area (Å²) in [7, 11) is 0. The fourth-order valence-corrected chi connectivity index (χ4v) is 2.84. The minimum absolute atomic E-state index is 0.802. The highest BCUT2D eigenvalue weighted by Gasteiger charge is 2.26. The van der Waals surface area contributed by atoms with Gasteiger partial charge < -0.3 is 4.90 Å². The predicted octanol–water partition coefficient (Wildman–Crippen LogP) is 2.34. The van der Waals surface area contributed by atoms with Crippen LogP contribution in [0.5, 0.6) is 0 Å². The molecule has 0 bridgehead atoms. The molecule has 0 aromatic heterocycles. The van der Waals surface area contributed by atoms with Gasteiger partial charge in [-0.05, 0) is 49.4 Å². The van der Waals surface area contributed by atoms with Crippen LogP contribution in [-0.4, -0.2) is 43.9 Å². The average Bonchev–Trinajstić information content (AvgIpc) is 3.23. The zero-order valence-corrected chi connectivity index (χ0v) is 11.6. The molecule has 19 heavy (non-hydrogen) atoms. The van der Waals surface area contributed by atoms with Crippen molar-refractivity contribution in [3.8, 4) is 0 Å². The first kappa shape index (κ1) is 12.7. The smallest absolute Gasteiger partial charge is 0.150 e. The first-order chi connectivity index (χ1) is 9.26. The molecule has 0 N–H and O–H groups in total. The maximum atomic E-state index is 10.8. The molecule has 1 aliphatic carbocycles. The summed E-state index contributed by atoms with van der Waals surface area (Å²) in [6.07, 6.45) is 3.81. The molecule has 0 amide bonds. The van der Waals surface area contributed by atoms with E-state index in [-0.39, 0.29) is 0 Å². The van der Waals surface area contributed by atoms with Crippen molar-refractivity contribution in [1.29, 1.82) is 0 Å². The van der Waals surface area contributed by atoms with E-state index in [1.807, 2.05) is 13.0 Å². The highest BCUT2D eigenvalue weighted by atomic mass is 16.1. The highest BCUT2D eigenvalue weighted by Crippen LogP contribution is 2.30. The average molecular weight is 258 g/mol. The summed E-state index contributed by atoms with van der Waals surface area (Å²) in [6.45, 7) is 7.86. The van der Waals surface area contributed by atoms with Crippen molar-refractivity contribution in [2.75, 3.05) is 37.6 Å². The number of carbonyl (C=O) groups excluding carboxylic acids is 1. The molecule has 0 radical (unpaired) electrons. The molecule has 3 rings (SSSR count). The Kier molecular flexibility index (Phi) is 3.56. The van der Waals surface area contributed by atoms with Crippen molar-refractivity contribution in [2.24, 2.45) is 5.92 Å². The Bertz CT molecular complexity index is 460. The van der Waals surface area contributed by atoms with Crippen LogP contribution < -0.4 is 4.90 Å². The Morgan fingerprint density at radius 2 is 1.95 bits per heavy atom. The van der Waals surface area contributed by atoms with Gasteiger partial charge in [-0.1, -0.05) is 0 Å². The van der Waals surface area contributed by atoms with Crippen molar-refractivity contribution >= 4 is 12.0 Å². The molecule has 1 heterocycles. The Labute approximate surface area is 115 Å². The van der Waals surface area contributed by atoms with Crippen LogP contribution in [0.3, 0.4) is 0 Å². The van der Waals surface area contributed by atoms with Crippen LogP contribution in [0.1, 0.15) is 28.8 Å². The number of hydrogen-bond acceptors (Lipinski definition) is 3. The fourth-order valence-electron chi connectivity index (χ4n) is 2.84. The van der Waals surface area contributed by atoms with Crippen molar-refractivity contribution in [2.45, 2.75) is 19.8 Å². The number of anilines is 1. The maximum Gasteiger partial charge on any atom is 0.150 e. The summed E-state index contributed by atoms with van der Waals surface area (Å²) in [6, 6.07) is 6.15. The van der Waals surface area contributed by atoms with Crippen LogP contribution in [0.15, 0.2) is 18.2 Å². The van der Waals surface area contributed by atoms with Crippen LogP contribution in [0.2, 0.25) is 0 Å². The molecule has 1 aromatic carbocycles. The van der Waals surface area contributed by atoms with E-state index >= 15 is 0 Å². The number of nitrogens with zero attached hydrogens (tertiary/aromatic N) is 2. The van der Waals surface area contributed by atoms with Crippen LogP contribution in [0, 0.1) is 12.8 Å². The zero-order chi connectivity index (χ0) is 13.2. The largest absolute Gasteiger partial charge is 0.369 e.